The van der Waals surface area contributed by atoms with Gasteiger partial charge in [0.25, 0.3) is 0 Å². The van der Waals surface area contributed by atoms with Crippen molar-refractivity contribution in [2.45, 2.75) is 32.6 Å². The highest BCUT2D eigenvalue weighted by molar-refractivity contribution is 9.10. The molecule has 2 nitrogen and oxygen atoms in total. The van der Waals surface area contributed by atoms with Crippen LogP contribution in [0.5, 0.6) is 11.5 Å². The number of halogens is 1. The van der Waals surface area contributed by atoms with Gasteiger partial charge in [-0.05, 0) is 24.6 Å². The molecule has 0 saturated carbocycles. The van der Waals surface area contributed by atoms with Crippen molar-refractivity contribution in [2.75, 3.05) is 13.7 Å². The minimum atomic E-state index is 0.762. The number of ether oxygens (including phenoxy) is 2. The molecule has 0 fully saturated rings. The second-order valence-electron chi connectivity index (χ2n) is 3.70. The van der Waals surface area contributed by atoms with E-state index in [0.717, 1.165) is 29.0 Å². The van der Waals surface area contributed by atoms with Gasteiger partial charge in [0.2, 0.25) is 0 Å². The molecule has 0 saturated heterocycles. The highest BCUT2D eigenvalue weighted by Gasteiger charge is 2.04. The lowest BCUT2D eigenvalue weighted by molar-refractivity contribution is 0.285. The van der Waals surface area contributed by atoms with E-state index in [1.807, 2.05) is 18.2 Å². The fraction of sp³-hybridized carbons (Fsp3) is 0.538. The lowest BCUT2D eigenvalue weighted by Crippen LogP contribution is -1.99. The molecule has 0 bridgehead atoms. The van der Waals surface area contributed by atoms with Crippen LogP contribution >= 0.6 is 15.9 Å². The summed E-state index contributed by atoms with van der Waals surface area (Å²) < 4.78 is 11.9. The highest BCUT2D eigenvalue weighted by Crippen LogP contribution is 2.30. The molecule has 0 aliphatic heterocycles. The quantitative estimate of drug-likeness (QED) is 0.691. The van der Waals surface area contributed by atoms with E-state index in [0.29, 0.717) is 0 Å². The summed E-state index contributed by atoms with van der Waals surface area (Å²) in [6.45, 7) is 2.97. The molecule has 0 N–H and O–H groups in total. The van der Waals surface area contributed by atoms with Crippen LogP contribution in [-0.2, 0) is 0 Å². The monoisotopic (exact) mass is 286 g/mol. The Morgan fingerprint density at radius 3 is 2.62 bits per heavy atom. The number of hydrogen-bond donors (Lipinski definition) is 0. The number of methoxy groups -OCH3 is 1. The maximum atomic E-state index is 5.68. The third-order valence-electron chi connectivity index (χ3n) is 2.38. The van der Waals surface area contributed by atoms with E-state index < -0.39 is 0 Å². The fourth-order valence-corrected chi connectivity index (χ4v) is 1.81. The van der Waals surface area contributed by atoms with Crippen molar-refractivity contribution in [1.82, 2.24) is 0 Å². The third kappa shape index (κ3) is 4.44. The Bertz CT molecular complexity index is 313. The average Bonchev–Trinajstić information content (AvgIpc) is 2.30. The minimum Gasteiger partial charge on any atom is -0.493 e. The lowest BCUT2D eigenvalue weighted by Gasteiger charge is -2.10. The molecule has 0 aromatic heterocycles. The first-order chi connectivity index (χ1) is 7.77. The Hall–Kier alpha value is -0.700. The highest BCUT2D eigenvalue weighted by atomic mass is 79.9. The fourth-order valence-electron chi connectivity index (χ4n) is 1.47. The van der Waals surface area contributed by atoms with Crippen molar-refractivity contribution in [3.8, 4) is 11.5 Å². The Balaban J connectivity index is 2.41. The smallest absolute Gasteiger partial charge is 0.161 e. The van der Waals surface area contributed by atoms with Gasteiger partial charge in [-0.15, -0.1) is 0 Å². The summed E-state index contributed by atoms with van der Waals surface area (Å²) >= 11 is 3.40. The van der Waals surface area contributed by atoms with Gasteiger partial charge in [0.15, 0.2) is 11.5 Å². The summed E-state index contributed by atoms with van der Waals surface area (Å²) in [7, 11) is 1.66. The first-order valence-corrected chi connectivity index (χ1v) is 6.53. The van der Waals surface area contributed by atoms with E-state index >= 15 is 0 Å². The van der Waals surface area contributed by atoms with Crippen LogP contribution in [0.3, 0.4) is 0 Å². The molecule has 0 aliphatic carbocycles. The SMILES string of the molecule is CCCCCCOc1ccc(Br)cc1OC. The normalized spacial score (nSPS) is 10.2. The molecule has 1 aromatic rings. The van der Waals surface area contributed by atoms with Gasteiger partial charge >= 0.3 is 0 Å². The average molecular weight is 287 g/mol. The van der Waals surface area contributed by atoms with Crippen LogP contribution < -0.4 is 9.47 Å². The maximum absolute atomic E-state index is 5.68. The standard InChI is InChI=1S/C13H19BrO2/c1-3-4-5-6-9-16-12-8-7-11(14)10-13(12)15-2/h7-8,10H,3-6,9H2,1-2H3. The first-order valence-electron chi connectivity index (χ1n) is 5.74. The molecule has 16 heavy (non-hydrogen) atoms. The zero-order valence-corrected chi connectivity index (χ0v) is 11.5. The van der Waals surface area contributed by atoms with Gasteiger partial charge in [0.05, 0.1) is 13.7 Å². The van der Waals surface area contributed by atoms with Gasteiger partial charge in [-0.25, -0.2) is 0 Å². The van der Waals surface area contributed by atoms with Crippen LogP contribution in [-0.4, -0.2) is 13.7 Å². The molecule has 0 aliphatic rings. The van der Waals surface area contributed by atoms with Crippen LogP contribution in [0.1, 0.15) is 32.6 Å². The summed E-state index contributed by atoms with van der Waals surface area (Å²) in [6, 6.07) is 5.81. The molecule has 0 atom stereocenters. The summed E-state index contributed by atoms with van der Waals surface area (Å²) in [5, 5.41) is 0. The second-order valence-corrected chi connectivity index (χ2v) is 4.62. The van der Waals surface area contributed by atoms with Gasteiger partial charge < -0.3 is 9.47 Å². The largest absolute Gasteiger partial charge is 0.493 e. The predicted octanol–water partition coefficient (Wildman–Crippen LogP) is 4.42. The molecule has 1 rings (SSSR count). The summed E-state index contributed by atoms with van der Waals surface area (Å²) in [6.07, 6.45) is 4.87. The molecule has 0 spiro atoms. The zero-order valence-electron chi connectivity index (χ0n) is 9.96. The van der Waals surface area contributed by atoms with Crippen LogP contribution in [0.15, 0.2) is 22.7 Å². The maximum Gasteiger partial charge on any atom is 0.161 e. The Morgan fingerprint density at radius 1 is 1.12 bits per heavy atom. The predicted molar refractivity (Wildman–Crippen MR) is 70.3 cm³/mol. The van der Waals surface area contributed by atoms with Gasteiger partial charge in [0, 0.05) is 4.47 Å². The molecule has 3 heteroatoms. The number of hydrogen-bond acceptors (Lipinski definition) is 2. The van der Waals surface area contributed by atoms with Gasteiger partial charge in [-0.2, -0.15) is 0 Å². The van der Waals surface area contributed by atoms with Crippen molar-refractivity contribution in [1.29, 1.82) is 0 Å². The van der Waals surface area contributed by atoms with Crippen LogP contribution in [0, 0.1) is 0 Å². The molecule has 1 aromatic carbocycles. The van der Waals surface area contributed by atoms with Gasteiger partial charge in [-0.1, -0.05) is 42.1 Å². The molecule has 0 radical (unpaired) electrons. The van der Waals surface area contributed by atoms with E-state index in [1.54, 1.807) is 7.11 Å². The van der Waals surface area contributed by atoms with Crippen LogP contribution in [0.2, 0.25) is 0 Å². The van der Waals surface area contributed by atoms with Crippen molar-refractivity contribution < 1.29 is 9.47 Å². The molecular weight excluding hydrogens is 268 g/mol. The van der Waals surface area contributed by atoms with Gasteiger partial charge in [-0.3, -0.25) is 0 Å². The van der Waals surface area contributed by atoms with Crippen LogP contribution in [0.4, 0.5) is 0 Å². The lowest BCUT2D eigenvalue weighted by atomic mass is 10.2. The topological polar surface area (TPSA) is 18.5 Å². The summed E-state index contributed by atoms with van der Waals surface area (Å²) in [5.41, 5.74) is 0. The van der Waals surface area contributed by atoms with E-state index in [1.165, 1.54) is 19.3 Å². The van der Waals surface area contributed by atoms with Crippen molar-refractivity contribution in [2.24, 2.45) is 0 Å². The molecular formula is C13H19BrO2. The summed E-state index contributed by atoms with van der Waals surface area (Å²) in [5.74, 6) is 1.60. The zero-order chi connectivity index (χ0) is 11.8. The molecule has 0 heterocycles. The van der Waals surface area contributed by atoms with Crippen LogP contribution in [0.25, 0.3) is 0 Å². The molecule has 90 valence electrons. The first kappa shape index (κ1) is 13.4. The molecule has 0 amide bonds. The Kier molecular flexibility index (Phi) is 6.31. The Labute approximate surface area is 106 Å². The van der Waals surface area contributed by atoms with Crippen molar-refractivity contribution in [3.63, 3.8) is 0 Å². The van der Waals surface area contributed by atoms with Crippen molar-refractivity contribution >= 4 is 15.9 Å². The number of benzene rings is 1. The minimum absolute atomic E-state index is 0.762. The van der Waals surface area contributed by atoms with Gasteiger partial charge in [0.1, 0.15) is 0 Å². The number of rotatable bonds is 7. The number of unbranched alkanes of at least 4 members (excludes halogenated alkanes) is 3. The van der Waals surface area contributed by atoms with E-state index in [-0.39, 0.29) is 0 Å². The van der Waals surface area contributed by atoms with E-state index in [9.17, 15) is 0 Å². The Morgan fingerprint density at radius 2 is 1.94 bits per heavy atom. The summed E-state index contributed by atoms with van der Waals surface area (Å²) in [4.78, 5) is 0. The second kappa shape index (κ2) is 7.55. The van der Waals surface area contributed by atoms with E-state index in [2.05, 4.69) is 22.9 Å². The van der Waals surface area contributed by atoms with E-state index in [4.69, 9.17) is 9.47 Å². The third-order valence-corrected chi connectivity index (χ3v) is 2.87. The van der Waals surface area contributed by atoms with Crippen molar-refractivity contribution in [3.05, 3.63) is 22.7 Å². The molecule has 0 unspecified atom stereocenters.